The molecule has 38 heavy (non-hydrogen) atoms. The molecule has 3 aromatic rings. The number of carbonyl (C=O) groups excluding carboxylic acids is 2. The Kier molecular flexibility index (Phi) is 7.81. The van der Waals surface area contributed by atoms with E-state index in [1.807, 2.05) is 0 Å². The number of hydrogen-bond donors (Lipinski definition) is 1. The molecule has 1 heterocycles. The minimum Gasteiger partial charge on any atom is -0.388 e. The molecule has 2 amide bonds. The zero-order valence-electron chi connectivity index (χ0n) is 20.5. The van der Waals surface area contributed by atoms with Crippen molar-refractivity contribution in [2.24, 2.45) is 0 Å². The molecule has 1 aliphatic rings. The second kappa shape index (κ2) is 10.8. The quantitative estimate of drug-likeness (QED) is 0.292. The van der Waals surface area contributed by atoms with Gasteiger partial charge in [-0.2, -0.15) is 16.8 Å². The molecule has 0 saturated carbocycles. The number of rotatable bonds is 10. The molecule has 0 radical (unpaired) electrons. The number of carbonyl (C=O) groups is 2. The Morgan fingerprint density at radius 1 is 0.684 bits per heavy atom. The van der Waals surface area contributed by atoms with E-state index in [2.05, 4.69) is 0 Å². The summed E-state index contributed by atoms with van der Waals surface area (Å²) in [6.45, 7) is 1.84. The maximum Gasteiger partial charge on any atom is 0.297 e. The van der Waals surface area contributed by atoms with E-state index in [4.69, 9.17) is 8.37 Å². The van der Waals surface area contributed by atoms with Crippen LogP contribution in [0.3, 0.4) is 0 Å². The maximum absolute atomic E-state index is 13.1. The first kappa shape index (κ1) is 27.6. The summed E-state index contributed by atoms with van der Waals surface area (Å²) >= 11 is 0. The number of amides is 2. The number of aryl methyl sites for hydroxylation is 2. The Hall–Kier alpha value is -3.42. The van der Waals surface area contributed by atoms with Crippen molar-refractivity contribution < 1.29 is 39.9 Å². The lowest BCUT2D eigenvalue weighted by atomic mass is 10.1. The van der Waals surface area contributed by atoms with Crippen molar-refractivity contribution >= 4 is 32.1 Å². The van der Waals surface area contributed by atoms with Gasteiger partial charge in [-0.15, -0.1) is 0 Å². The molecule has 0 bridgehead atoms. The molecule has 0 fully saturated rings. The monoisotopic (exact) mass is 559 g/mol. The van der Waals surface area contributed by atoms with Crippen LogP contribution in [-0.4, -0.2) is 64.0 Å². The standard InChI is InChI=1S/C26H25NO9S2/c1-17-7-11-19(12-8-17)37(31,32)35-15-23(27-25(29)21-5-3-4-6-22(21)26(27)30)24(28)16-36-38(33,34)20-13-9-18(2)10-14-20/h3-14,23-24,28H,15-16H2,1-2H3. The van der Waals surface area contributed by atoms with Gasteiger partial charge in [0.1, 0.15) is 6.10 Å². The second-order valence-corrected chi connectivity index (χ2v) is 12.0. The third kappa shape index (κ3) is 5.69. The number of aliphatic hydroxyl groups is 1. The molecule has 10 nitrogen and oxygen atoms in total. The second-order valence-electron chi connectivity index (χ2n) is 8.76. The largest absolute Gasteiger partial charge is 0.388 e. The van der Waals surface area contributed by atoms with Crippen LogP contribution in [0.1, 0.15) is 31.8 Å². The van der Waals surface area contributed by atoms with E-state index < -0.39 is 57.4 Å². The molecule has 2 atom stereocenters. The minimum absolute atomic E-state index is 0.0595. The highest BCUT2D eigenvalue weighted by Gasteiger charge is 2.43. The van der Waals surface area contributed by atoms with E-state index in [1.54, 1.807) is 50.2 Å². The maximum atomic E-state index is 13.1. The smallest absolute Gasteiger partial charge is 0.297 e. The molecular weight excluding hydrogens is 534 g/mol. The van der Waals surface area contributed by atoms with Gasteiger partial charge in [-0.05, 0) is 50.2 Å². The van der Waals surface area contributed by atoms with Crippen LogP contribution in [0.5, 0.6) is 0 Å². The Morgan fingerprint density at radius 3 is 1.50 bits per heavy atom. The van der Waals surface area contributed by atoms with E-state index in [-0.39, 0.29) is 20.9 Å². The third-order valence-corrected chi connectivity index (χ3v) is 8.60. The van der Waals surface area contributed by atoms with Gasteiger partial charge >= 0.3 is 0 Å². The first-order valence-electron chi connectivity index (χ1n) is 11.5. The predicted octanol–water partition coefficient (Wildman–Crippen LogP) is 2.44. The normalized spacial score (nSPS) is 15.4. The molecule has 12 heteroatoms. The van der Waals surface area contributed by atoms with E-state index in [1.165, 1.54) is 36.4 Å². The molecule has 200 valence electrons. The predicted molar refractivity (Wildman–Crippen MR) is 135 cm³/mol. The minimum atomic E-state index is -4.35. The van der Waals surface area contributed by atoms with Crippen molar-refractivity contribution in [2.75, 3.05) is 13.2 Å². The van der Waals surface area contributed by atoms with Crippen molar-refractivity contribution in [3.05, 3.63) is 95.1 Å². The summed E-state index contributed by atoms with van der Waals surface area (Å²) in [6.07, 6.45) is -1.81. The van der Waals surface area contributed by atoms with Crippen LogP contribution in [0.25, 0.3) is 0 Å². The molecule has 1 N–H and O–H groups in total. The van der Waals surface area contributed by atoms with Gasteiger partial charge in [0.15, 0.2) is 0 Å². The number of aliphatic hydroxyl groups excluding tert-OH is 1. The van der Waals surface area contributed by atoms with Crippen LogP contribution in [0.4, 0.5) is 0 Å². The molecule has 3 aromatic carbocycles. The number of benzene rings is 3. The van der Waals surface area contributed by atoms with Crippen molar-refractivity contribution in [3.8, 4) is 0 Å². The highest BCUT2D eigenvalue weighted by atomic mass is 32.2. The van der Waals surface area contributed by atoms with Gasteiger partial charge in [0.25, 0.3) is 32.1 Å². The van der Waals surface area contributed by atoms with Crippen LogP contribution in [0.2, 0.25) is 0 Å². The highest BCUT2D eigenvalue weighted by Crippen LogP contribution is 2.27. The topological polar surface area (TPSA) is 144 Å². The van der Waals surface area contributed by atoms with Gasteiger partial charge in [0, 0.05) is 0 Å². The molecule has 1 aliphatic heterocycles. The zero-order chi connectivity index (χ0) is 27.7. The lowest BCUT2D eigenvalue weighted by Gasteiger charge is -2.29. The van der Waals surface area contributed by atoms with Gasteiger partial charge in [-0.3, -0.25) is 22.9 Å². The van der Waals surface area contributed by atoms with Crippen LogP contribution in [-0.2, 0) is 28.6 Å². The SMILES string of the molecule is Cc1ccc(S(=O)(=O)OCC(O)C(COS(=O)(=O)c2ccc(C)cc2)N2C(=O)c3ccccc3C2=O)cc1. The van der Waals surface area contributed by atoms with Crippen LogP contribution in [0, 0.1) is 13.8 Å². The molecule has 0 spiro atoms. The first-order chi connectivity index (χ1) is 17.9. The number of hydrogen-bond acceptors (Lipinski definition) is 9. The summed E-state index contributed by atoms with van der Waals surface area (Å²) in [6, 6.07) is 15.9. The average molecular weight is 560 g/mol. The summed E-state index contributed by atoms with van der Waals surface area (Å²) in [5.41, 5.74) is 1.75. The number of imide groups is 1. The lowest BCUT2D eigenvalue weighted by molar-refractivity contribution is 0.00719. The Bertz CT molecular complexity index is 1530. The fourth-order valence-corrected chi connectivity index (χ4v) is 5.69. The summed E-state index contributed by atoms with van der Waals surface area (Å²) in [5.74, 6) is -1.57. The van der Waals surface area contributed by atoms with Crippen LogP contribution in [0.15, 0.2) is 82.6 Å². The summed E-state index contributed by atoms with van der Waals surface area (Å²) in [5, 5.41) is 10.9. The lowest BCUT2D eigenvalue weighted by Crippen LogP contribution is -2.51. The van der Waals surface area contributed by atoms with Gasteiger partial charge in [0.05, 0.1) is 40.2 Å². The van der Waals surface area contributed by atoms with E-state index in [0.717, 1.165) is 11.1 Å². The fraction of sp³-hybridized carbons (Fsp3) is 0.231. The van der Waals surface area contributed by atoms with Crippen LogP contribution < -0.4 is 0 Å². The molecular formula is C26H25NO9S2. The first-order valence-corrected chi connectivity index (χ1v) is 14.3. The van der Waals surface area contributed by atoms with Gasteiger partial charge < -0.3 is 5.11 Å². The van der Waals surface area contributed by atoms with Crippen molar-refractivity contribution in [1.82, 2.24) is 4.90 Å². The van der Waals surface area contributed by atoms with E-state index >= 15 is 0 Å². The van der Waals surface area contributed by atoms with E-state index in [9.17, 15) is 31.5 Å². The van der Waals surface area contributed by atoms with Gasteiger partial charge in [-0.25, -0.2) is 0 Å². The Labute approximate surface area is 220 Å². The molecule has 2 unspecified atom stereocenters. The van der Waals surface area contributed by atoms with E-state index in [0.29, 0.717) is 4.90 Å². The molecule has 0 aliphatic carbocycles. The number of nitrogens with zero attached hydrogens (tertiary/aromatic N) is 1. The third-order valence-electron chi connectivity index (χ3n) is 6.01. The Balaban J connectivity index is 1.59. The van der Waals surface area contributed by atoms with Crippen molar-refractivity contribution in [2.45, 2.75) is 35.8 Å². The van der Waals surface area contributed by atoms with Gasteiger partial charge in [-0.1, -0.05) is 47.5 Å². The summed E-state index contributed by atoms with van der Waals surface area (Å²) in [4.78, 5) is 26.5. The number of fused-ring (bicyclic) bond motifs is 1. The highest BCUT2D eigenvalue weighted by molar-refractivity contribution is 7.87. The van der Waals surface area contributed by atoms with Gasteiger partial charge in [0.2, 0.25) is 0 Å². The zero-order valence-corrected chi connectivity index (χ0v) is 22.1. The molecule has 0 saturated heterocycles. The molecule has 4 rings (SSSR count). The average Bonchev–Trinajstić information content (AvgIpc) is 3.13. The summed E-state index contributed by atoms with van der Waals surface area (Å²) < 4.78 is 60.9. The summed E-state index contributed by atoms with van der Waals surface area (Å²) in [7, 11) is -8.66. The van der Waals surface area contributed by atoms with Crippen LogP contribution >= 0.6 is 0 Å². The fourth-order valence-electron chi connectivity index (χ4n) is 3.84. The Morgan fingerprint density at radius 2 is 1.08 bits per heavy atom. The van der Waals surface area contributed by atoms with Crippen molar-refractivity contribution in [3.63, 3.8) is 0 Å². The molecule has 0 aromatic heterocycles. The van der Waals surface area contributed by atoms with Crippen molar-refractivity contribution in [1.29, 1.82) is 0 Å².